The Hall–Kier alpha value is -1.05. The minimum absolute atomic E-state index is 0. The normalized spacial score (nSPS) is 9.16. The zero-order chi connectivity index (χ0) is 13.7. The number of hydrogen-bond acceptors (Lipinski definition) is 0. The predicted molar refractivity (Wildman–Crippen MR) is 81.3 cm³/mol. The van der Waals surface area contributed by atoms with Crippen molar-refractivity contribution in [1.82, 2.24) is 0 Å². The molecule has 0 saturated carbocycles. The van der Waals surface area contributed by atoms with Crippen LogP contribution in [-0.2, 0) is 16.8 Å². The smallest absolute Gasteiger partial charge is 0 e. The van der Waals surface area contributed by atoms with Crippen molar-refractivity contribution < 1.29 is 16.8 Å². The second-order valence-electron chi connectivity index (χ2n) is 5.33. The molecule has 0 fully saturated rings. The zero-order valence-electron chi connectivity index (χ0n) is 12.8. The molecule has 0 unspecified atom stereocenters. The molecule has 105 valence electrons. The van der Waals surface area contributed by atoms with E-state index in [-0.39, 0.29) is 16.8 Å². The van der Waals surface area contributed by atoms with Gasteiger partial charge < -0.3 is 0 Å². The Morgan fingerprint density at radius 1 is 0.368 bits per heavy atom. The first-order chi connectivity index (χ1) is 8.36. The van der Waals surface area contributed by atoms with E-state index in [1.165, 1.54) is 33.4 Å². The van der Waals surface area contributed by atoms with E-state index in [0.717, 1.165) is 0 Å². The molecule has 2 aromatic carbocycles. The van der Waals surface area contributed by atoms with Crippen LogP contribution in [0.2, 0.25) is 0 Å². The minimum Gasteiger partial charge on any atom is -0.0564 e. The van der Waals surface area contributed by atoms with E-state index in [0.29, 0.717) is 0 Å². The molecule has 2 aromatic rings. The minimum atomic E-state index is 0. The van der Waals surface area contributed by atoms with E-state index < -0.39 is 0 Å². The molecule has 0 spiro atoms. The maximum absolute atomic E-state index is 2.19. The largest absolute Gasteiger partial charge is 0.0564 e. The fourth-order valence-electron chi connectivity index (χ4n) is 2.40. The molecule has 0 aliphatic heterocycles. The summed E-state index contributed by atoms with van der Waals surface area (Å²) in [5.41, 5.74) is 8.13. The van der Waals surface area contributed by atoms with Crippen LogP contribution < -0.4 is 0 Å². The van der Waals surface area contributed by atoms with E-state index in [1.54, 1.807) is 0 Å². The first kappa shape index (κ1) is 17.9. The third-order valence-corrected chi connectivity index (χ3v) is 2.73. The zero-order valence-corrected chi connectivity index (χ0v) is 13.8. The van der Waals surface area contributed by atoms with Gasteiger partial charge in [-0.15, -0.1) is 0 Å². The standard InChI is InChI=1S/2C9H12.Co/c2*1-7-4-8(2)6-9(3)5-7;/h2*4-6H,1-3H3;. The third kappa shape index (κ3) is 7.19. The van der Waals surface area contributed by atoms with E-state index in [1.807, 2.05) is 0 Å². The molecule has 0 atom stereocenters. The SMILES string of the molecule is Cc1cc(C)cc(C)c1.Cc1cc(C)cc(C)c1.[Co]. The van der Waals surface area contributed by atoms with Crippen LogP contribution in [0.4, 0.5) is 0 Å². The molecule has 0 aromatic heterocycles. The summed E-state index contributed by atoms with van der Waals surface area (Å²) in [7, 11) is 0. The average molecular weight is 299 g/mol. The monoisotopic (exact) mass is 299 g/mol. The molecular weight excluding hydrogens is 275 g/mol. The summed E-state index contributed by atoms with van der Waals surface area (Å²) >= 11 is 0. The summed E-state index contributed by atoms with van der Waals surface area (Å²) in [5.74, 6) is 0. The molecular formula is C18H24Co. The molecule has 0 aliphatic rings. The molecule has 0 saturated heterocycles. The van der Waals surface area contributed by atoms with Crippen LogP contribution in [0.25, 0.3) is 0 Å². The topological polar surface area (TPSA) is 0 Å². The van der Waals surface area contributed by atoms with Crippen molar-refractivity contribution in [3.05, 3.63) is 69.8 Å². The van der Waals surface area contributed by atoms with E-state index in [4.69, 9.17) is 0 Å². The Morgan fingerprint density at radius 3 is 0.579 bits per heavy atom. The van der Waals surface area contributed by atoms with Crippen molar-refractivity contribution in [2.24, 2.45) is 0 Å². The van der Waals surface area contributed by atoms with Crippen molar-refractivity contribution >= 4 is 0 Å². The van der Waals surface area contributed by atoms with Gasteiger partial charge >= 0.3 is 0 Å². The Labute approximate surface area is 128 Å². The van der Waals surface area contributed by atoms with Crippen molar-refractivity contribution in [1.29, 1.82) is 0 Å². The molecule has 0 heterocycles. The molecule has 0 nitrogen and oxygen atoms in total. The van der Waals surface area contributed by atoms with Crippen LogP contribution in [0.15, 0.2) is 36.4 Å². The third-order valence-electron chi connectivity index (χ3n) is 2.73. The molecule has 0 bridgehead atoms. The van der Waals surface area contributed by atoms with E-state index >= 15 is 0 Å². The van der Waals surface area contributed by atoms with Gasteiger partial charge in [0.25, 0.3) is 0 Å². The van der Waals surface area contributed by atoms with Crippen molar-refractivity contribution in [3.63, 3.8) is 0 Å². The maximum Gasteiger partial charge on any atom is 0 e. The Bertz CT molecular complexity index is 377. The second kappa shape index (κ2) is 8.18. The van der Waals surface area contributed by atoms with Crippen LogP contribution in [0.3, 0.4) is 0 Å². The molecule has 0 amide bonds. The summed E-state index contributed by atoms with van der Waals surface area (Å²) in [5, 5.41) is 0. The number of rotatable bonds is 0. The van der Waals surface area contributed by atoms with Gasteiger partial charge in [0.1, 0.15) is 0 Å². The Morgan fingerprint density at radius 2 is 0.474 bits per heavy atom. The van der Waals surface area contributed by atoms with Crippen LogP contribution >= 0.6 is 0 Å². The first-order valence-electron chi connectivity index (χ1n) is 6.46. The summed E-state index contributed by atoms with van der Waals surface area (Å²) in [4.78, 5) is 0. The molecule has 1 radical (unpaired) electrons. The van der Waals surface area contributed by atoms with E-state index in [2.05, 4.69) is 77.9 Å². The van der Waals surface area contributed by atoms with Crippen molar-refractivity contribution in [2.45, 2.75) is 41.5 Å². The van der Waals surface area contributed by atoms with Crippen LogP contribution in [0.5, 0.6) is 0 Å². The van der Waals surface area contributed by atoms with Crippen molar-refractivity contribution in [2.75, 3.05) is 0 Å². The van der Waals surface area contributed by atoms with Crippen LogP contribution in [0.1, 0.15) is 33.4 Å². The second-order valence-corrected chi connectivity index (χ2v) is 5.33. The fourth-order valence-corrected chi connectivity index (χ4v) is 2.40. The van der Waals surface area contributed by atoms with Gasteiger partial charge in [-0.25, -0.2) is 0 Å². The molecule has 0 N–H and O–H groups in total. The summed E-state index contributed by atoms with van der Waals surface area (Å²) in [6.45, 7) is 12.8. The Balaban J connectivity index is 0.000000324. The fraction of sp³-hybridized carbons (Fsp3) is 0.333. The van der Waals surface area contributed by atoms with Gasteiger partial charge in [-0.2, -0.15) is 0 Å². The summed E-state index contributed by atoms with van der Waals surface area (Å²) in [6.07, 6.45) is 0. The number of aryl methyl sites for hydroxylation is 6. The first-order valence-corrected chi connectivity index (χ1v) is 6.46. The van der Waals surface area contributed by atoms with Gasteiger partial charge in [0.15, 0.2) is 0 Å². The number of benzene rings is 2. The quantitative estimate of drug-likeness (QED) is 0.625. The van der Waals surface area contributed by atoms with Gasteiger partial charge in [0.2, 0.25) is 0 Å². The average Bonchev–Trinajstić information content (AvgIpc) is 2.12. The van der Waals surface area contributed by atoms with Gasteiger partial charge in [-0.05, 0) is 41.5 Å². The van der Waals surface area contributed by atoms with Crippen LogP contribution in [-0.4, -0.2) is 0 Å². The van der Waals surface area contributed by atoms with E-state index in [9.17, 15) is 0 Å². The Kier molecular flexibility index (Phi) is 7.73. The van der Waals surface area contributed by atoms with Gasteiger partial charge in [0, 0.05) is 16.8 Å². The molecule has 0 aliphatic carbocycles. The molecule has 19 heavy (non-hydrogen) atoms. The summed E-state index contributed by atoms with van der Waals surface area (Å²) < 4.78 is 0. The number of hydrogen-bond donors (Lipinski definition) is 0. The predicted octanol–water partition coefficient (Wildman–Crippen LogP) is 5.22. The van der Waals surface area contributed by atoms with Gasteiger partial charge in [0.05, 0.1) is 0 Å². The maximum atomic E-state index is 2.19. The van der Waals surface area contributed by atoms with Gasteiger partial charge in [-0.3, -0.25) is 0 Å². The molecule has 2 rings (SSSR count). The molecule has 1 heteroatoms. The summed E-state index contributed by atoms with van der Waals surface area (Å²) in [6, 6.07) is 13.1. The van der Waals surface area contributed by atoms with Crippen LogP contribution in [0, 0.1) is 41.5 Å². The van der Waals surface area contributed by atoms with Gasteiger partial charge in [-0.1, -0.05) is 69.8 Å². The van der Waals surface area contributed by atoms with Crippen molar-refractivity contribution in [3.8, 4) is 0 Å².